The van der Waals surface area contributed by atoms with E-state index in [-0.39, 0.29) is 12.5 Å². The van der Waals surface area contributed by atoms with Crippen LogP contribution in [0.5, 0.6) is 0 Å². The van der Waals surface area contributed by atoms with Crippen molar-refractivity contribution in [1.82, 2.24) is 16.2 Å². The van der Waals surface area contributed by atoms with Gasteiger partial charge in [0.15, 0.2) is 0 Å². The third kappa shape index (κ3) is 9.49. The van der Waals surface area contributed by atoms with Crippen LogP contribution in [-0.2, 0) is 9.59 Å². The number of carbonyl (C=O) groups is 3. The van der Waals surface area contributed by atoms with Gasteiger partial charge < -0.3 is 5.32 Å². The number of hydrogen-bond acceptors (Lipinski definition) is 4. The molecular formula is C7H14N3O3PS. The summed E-state index contributed by atoms with van der Waals surface area (Å²) >= 11 is 3.95. The van der Waals surface area contributed by atoms with E-state index in [2.05, 4.69) is 28.8 Å². The van der Waals surface area contributed by atoms with E-state index in [0.717, 1.165) is 0 Å². The van der Waals surface area contributed by atoms with Crippen LogP contribution < -0.4 is 16.2 Å². The van der Waals surface area contributed by atoms with E-state index in [9.17, 15) is 14.4 Å². The van der Waals surface area contributed by atoms with E-state index in [1.165, 1.54) is 0 Å². The van der Waals surface area contributed by atoms with Crippen LogP contribution in [0.4, 0.5) is 4.79 Å². The van der Waals surface area contributed by atoms with Crippen molar-refractivity contribution in [2.45, 2.75) is 12.8 Å². The molecule has 1 unspecified atom stereocenters. The van der Waals surface area contributed by atoms with E-state index < -0.39 is 11.6 Å². The Hall–Kier alpha value is -0.810. The van der Waals surface area contributed by atoms with Crippen LogP contribution in [0.3, 0.4) is 0 Å². The minimum atomic E-state index is -0.481. The first-order chi connectivity index (χ1) is 7.06. The maximum atomic E-state index is 11.0. The summed E-state index contributed by atoms with van der Waals surface area (Å²) in [5, 5.41) is 2.40. The van der Waals surface area contributed by atoms with E-state index in [4.69, 9.17) is 0 Å². The minimum absolute atomic E-state index is 0.156. The molecule has 0 bridgehead atoms. The van der Waals surface area contributed by atoms with Crippen LogP contribution in [0.25, 0.3) is 0 Å². The lowest BCUT2D eigenvalue weighted by atomic mass is 10.3. The Bertz CT molecular complexity index is 250. The van der Waals surface area contributed by atoms with Crippen molar-refractivity contribution >= 4 is 39.3 Å². The third-order valence-electron chi connectivity index (χ3n) is 1.33. The second-order valence-electron chi connectivity index (χ2n) is 2.64. The normalized spacial score (nSPS) is 9.20. The van der Waals surface area contributed by atoms with Crippen molar-refractivity contribution in [3.05, 3.63) is 0 Å². The Morgan fingerprint density at radius 2 is 1.80 bits per heavy atom. The van der Waals surface area contributed by atoms with Gasteiger partial charge in [0.05, 0.1) is 6.54 Å². The average molecular weight is 251 g/mol. The van der Waals surface area contributed by atoms with Crippen LogP contribution in [0, 0.1) is 0 Å². The molecule has 0 heterocycles. The molecule has 8 heteroatoms. The minimum Gasteiger partial charge on any atom is -0.347 e. The van der Waals surface area contributed by atoms with Crippen LogP contribution in [0.15, 0.2) is 0 Å². The van der Waals surface area contributed by atoms with Gasteiger partial charge in [-0.15, -0.1) is 0 Å². The summed E-state index contributed by atoms with van der Waals surface area (Å²) in [6.07, 6.45) is 1.01. The lowest BCUT2D eigenvalue weighted by Crippen LogP contribution is -2.44. The van der Waals surface area contributed by atoms with Crippen LogP contribution in [0.2, 0.25) is 0 Å². The van der Waals surface area contributed by atoms with Gasteiger partial charge in [-0.05, 0) is 21.4 Å². The topological polar surface area (TPSA) is 87.3 Å². The smallest absolute Gasteiger partial charge is 0.257 e. The number of nitrogens with one attached hydrogen (secondary N) is 3. The van der Waals surface area contributed by atoms with Gasteiger partial charge in [-0.2, -0.15) is 12.6 Å². The van der Waals surface area contributed by atoms with E-state index in [1.54, 1.807) is 0 Å². The molecule has 0 aromatic rings. The largest absolute Gasteiger partial charge is 0.347 e. The second kappa shape index (κ2) is 8.49. The average Bonchev–Trinajstić information content (AvgIpc) is 2.20. The lowest BCUT2D eigenvalue weighted by Gasteiger charge is -2.06. The van der Waals surface area contributed by atoms with Crippen LogP contribution >= 0.6 is 21.9 Å². The summed E-state index contributed by atoms with van der Waals surface area (Å²) in [5.74, 6) is -0.0654. The molecule has 0 rings (SSSR count). The number of amides is 3. The van der Waals surface area contributed by atoms with Crippen molar-refractivity contribution in [1.29, 1.82) is 0 Å². The van der Waals surface area contributed by atoms with E-state index in [1.807, 2.05) is 9.24 Å². The summed E-state index contributed by atoms with van der Waals surface area (Å²) in [4.78, 5) is 32.4. The lowest BCUT2D eigenvalue weighted by molar-refractivity contribution is -0.126. The summed E-state index contributed by atoms with van der Waals surface area (Å²) in [5.41, 5.74) is 3.72. The molecule has 15 heavy (non-hydrogen) atoms. The highest BCUT2D eigenvalue weighted by Gasteiger charge is 2.04. The van der Waals surface area contributed by atoms with Gasteiger partial charge in [0.2, 0.25) is 5.91 Å². The zero-order valence-electron chi connectivity index (χ0n) is 8.08. The molecule has 0 spiro atoms. The zero-order chi connectivity index (χ0) is 11.7. The molecule has 0 fully saturated rings. The Morgan fingerprint density at radius 1 is 1.13 bits per heavy atom. The first-order valence-corrected chi connectivity index (χ1v) is 5.49. The van der Waals surface area contributed by atoms with Gasteiger partial charge in [-0.3, -0.25) is 25.2 Å². The van der Waals surface area contributed by atoms with Crippen molar-refractivity contribution in [2.24, 2.45) is 0 Å². The molecule has 86 valence electrons. The number of hydrazine groups is 1. The maximum absolute atomic E-state index is 11.0. The van der Waals surface area contributed by atoms with Gasteiger partial charge in [0, 0.05) is 6.42 Å². The molecule has 0 saturated carbocycles. The molecule has 6 nitrogen and oxygen atoms in total. The summed E-state index contributed by atoms with van der Waals surface area (Å²) < 4.78 is 0. The summed E-state index contributed by atoms with van der Waals surface area (Å²) in [6, 6.07) is 0. The molecule has 0 radical (unpaired) electrons. The van der Waals surface area contributed by atoms with Gasteiger partial charge >= 0.3 is 0 Å². The number of carbonyl (C=O) groups excluding carboxylic acids is 3. The molecule has 3 N–H and O–H groups in total. The fourth-order valence-corrected chi connectivity index (χ4v) is 0.913. The highest BCUT2D eigenvalue weighted by atomic mass is 32.1. The maximum Gasteiger partial charge on any atom is 0.257 e. The van der Waals surface area contributed by atoms with Gasteiger partial charge in [-0.25, -0.2) is 0 Å². The predicted molar refractivity (Wildman–Crippen MR) is 62.5 cm³/mol. The molecule has 0 aliphatic rings. The number of hydrogen-bond donors (Lipinski definition) is 4. The Morgan fingerprint density at radius 3 is 2.33 bits per heavy atom. The monoisotopic (exact) mass is 251 g/mol. The summed E-state index contributed by atoms with van der Waals surface area (Å²) in [6.45, 7) is -0.156. The van der Waals surface area contributed by atoms with Gasteiger partial charge in [0.25, 0.3) is 11.6 Å². The SMILES string of the molecule is O=C(P)NNC(=O)CNC(=O)CCCS. The van der Waals surface area contributed by atoms with Crippen LogP contribution in [-0.4, -0.2) is 29.8 Å². The van der Waals surface area contributed by atoms with E-state index in [0.29, 0.717) is 18.6 Å². The van der Waals surface area contributed by atoms with Crippen LogP contribution in [0.1, 0.15) is 12.8 Å². The molecule has 0 aliphatic heterocycles. The van der Waals surface area contributed by atoms with Gasteiger partial charge in [0.1, 0.15) is 0 Å². The number of rotatable bonds is 5. The summed E-state index contributed by atoms with van der Waals surface area (Å²) in [7, 11) is 1.84. The highest BCUT2D eigenvalue weighted by molar-refractivity contribution is 7.80. The molecular weight excluding hydrogens is 237 g/mol. The quantitative estimate of drug-likeness (QED) is 0.300. The third-order valence-corrected chi connectivity index (χ3v) is 1.79. The Kier molecular flexibility index (Phi) is 8.04. The van der Waals surface area contributed by atoms with Crippen molar-refractivity contribution < 1.29 is 14.4 Å². The fraction of sp³-hybridized carbons (Fsp3) is 0.571. The van der Waals surface area contributed by atoms with Crippen molar-refractivity contribution in [2.75, 3.05) is 12.3 Å². The highest BCUT2D eigenvalue weighted by Crippen LogP contribution is 1.90. The van der Waals surface area contributed by atoms with Crippen molar-refractivity contribution in [3.8, 4) is 0 Å². The van der Waals surface area contributed by atoms with E-state index >= 15 is 0 Å². The fourth-order valence-electron chi connectivity index (χ4n) is 0.682. The molecule has 3 amide bonds. The molecule has 0 aromatic carbocycles. The molecule has 1 atom stereocenters. The molecule has 0 saturated heterocycles. The second-order valence-corrected chi connectivity index (χ2v) is 3.61. The molecule has 0 aliphatic carbocycles. The standard InChI is InChI=1S/C7H14N3O3PS/c11-5(2-1-3-15)8-4-6(12)9-10-7(13)14/h15H,1-4,14H2,(H,8,11)(H,9,12)(H,10,13). The Balaban J connectivity index is 3.53. The van der Waals surface area contributed by atoms with Crippen molar-refractivity contribution in [3.63, 3.8) is 0 Å². The zero-order valence-corrected chi connectivity index (χ0v) is 10.1. The van der Waals surface area contributed by atoms with Gasteiger partial charge in [-0.1, -0.05) is 0 Å². The predicted octanol–water partition coefficient (Wildman–Crippen LogP) is -0.572. The number of thiol groups is 1. The first-order valence-electron chi connectivity index (χ1n) is 4.28. The Labute approximate surface area is 95.5 Å². The first kappa shape index (κ1) is 14.2. The molecule has 0 aromatic heterocycles.